The Morgan fingerprint density at radius 1 is 1.19 bits per heavy atom. The summed E-state index contributed by atoms with van der Waals surface area (Å²) < 4.78 is 5.85. The van der Waals surface area contributed by atoms with Crippen molar-refractivity contribution in [1.82, 2.24) is 10.2 Å². The predicted molar refractivity (Wildman–Crippen MR) is 103 cm³/mol. The van der Waals surface area contributed by atoms with Gasteiger partial charge >= 0.3 is 0 Å². The molecule has 0 radical (unpaired) electrons. The number of carbonyl (C=O) groups excluding carboxylic acids is 1. The number of para-hydroxylation sites is 1. The summed E-state index contributed by atoms with van der Waals surface area (Å²) in [7, 11) is 0. The van der Waals surface area contributed by atoms with E-state index >= 15 is 0 Å². The van der Waals surface area contributed by atoms with Gasteiger partial charge in [0.2, 0.25) is 0 Å². The van der Waals surface area contributed by atoms with Gasteiger partial charge in [0.25, 0.3) is 5.91 Å². The summed E-state index contributed by atoms with van der Waals surface area (Å²) in [5.74, 6) is 1.38. The lowest BCUT2D eigenvalue weighted by molar-refractivity contribution is 0.0613. The van der Waals surface area contributed by atoms with Gasteiger partial charge in [-0.2, -0.15) is 0 Å². The molecule has 2 heterocycles. The maximum absolute atomic E-state index is 13.3. The van der Waals surface area contributed by atoms with Gasteiger partial charge in [-0.3, -0.25) is 4.79 Å². The van der Waals surface area contributed by atoms with E-state index in [2.05, 4.69) is 31.3 Å². The summed E-state index contributed by atoms with van der Waals surface area (Å²) in [6.45, 7) is 7.16. The Hall–Kier alpha value is -2.33. The largest absolute Gasteiger partial charge is 0.492 e. The fraction of sp³-hybridized carbons (Fsp3) is 0.409. The fourth-order valence-electron chi connectivity index (χ4n) is 4.33. The molecule has 2 aliphatic rings. The van der Waals surface area contributed by atoms with Crippen molar-refractivity contribution >= 4 is 5.91 Å². The van der Waals surface area contributed by atoms with Crippen molar-refractivity contribution in [3.05, 3.63) is 64.7 Å². The van der Waals surface area contributed by atoms with Crippen molar-refractivity contribution in [2.45, 2.75) is 32.2 Å². The second-order valence-electron chi connectivity index (χ2n) is 7.22. The zero-order valence-electron chi connectivity index (χ0n) is 15.5. The smallest absolute Gasteiger partial charge is 0.254 e. The lowest BCUT2D eigenvalue weighted by Crippen LogP contribution is -2.50. The van der Waals surface area contributed by atoms with E-state index < -0.39 is 0 Å². The second-order valence-corrected chi connectivity index (χ2v) is 7.22. The maximum Gasteiger partial charge on any atom is 0.254 e. The molecule has 4 nitrogen and oxygen atoms in total. The van der Waals surface area contributed by atoms with Crippen LogP contribution in [0.25, 0.3) is 0 Å². The van der Waals surface area contributed by atoms with Gasteiger partial charge < -0.3 is 15.0 Å². The normalized spacial score (nSPS) is 21.5. The standard InChI is InChI=1S/C22H26N2O2/c1-3-16-11-15(2)21-18(12-16)19-13-23-14-20(19)24(22(21)25)9-10-26-17-7-5-4-6-8-17/h4-8,11-12,19-20,23H,3,9-10,13-14H2,1-2H3. The van der Waals surface area contributed by atoms with Gasteiger partial charge in [-0.15, -0.1) is 0 Å². The van der Waals surface area contributed by atoms with E-state index in [9.17, 15) is 4.79 Å². The van der Waals surface area contributed by atoms with Crippen molar-refractivity contribution < 1.29 is 9.53 Å². The summed E-state index contributed by atoms with van der Waals surface area (Å²) in [4.78, 5) is 15.3. The molecule has 2 aromatic rings. The Labute approximate surface area is 155 Å². The van der Waals surface area contributed by atoms with Crippen molar-refractivity contribution in [3.8, 4) is 5.75 Å². The summed E-state index contributed by atoms with van der Waals surface area (Å²) in [5.41, 5.74) is 4.57. The first-order chi connectivity index (χ1) is 12.7. The molecule has 0 aromatic heterocycles. The molecule has 4 rings (SSSR count). The van der Waals surface area contributed by atoms with Crippen LogP contribution in [0.3, 0.4) is 0 Å². The van der Waals surface area contributed by atoms with Crippen LogP contribution in [-0.2, 0) is 6.42 Å². The Morgan fingerprint density at radius 2 is 2.00 bits per heavy atom. The lowest BCUT2D eigenvalue weighted by Gasteiger charge is -2.39. The third-order valence-electron chi connectivity index (χ3n) is 5.63. The van der Waals surface area contributed by atoms with Crippen molar-refractivity contribution in [2.75, 3.05) is 26.2 Å². The van der Waals surface area contributed by atoms with Gasteiger partial charge in [0.1, 0.15) is 12.4 Å². The number of aryl methyl sites for hydroxylation is 2. The molecular formula is C22H26N2O2. The van der Waals surface area contributed by atoms with E-state index in [0.717, 1.165) is 36.4 Å². The van der Waals surface area contributed by atoms with Gasteiger partial charge in [0.15, 0.2) is 0 Å². The number of hydrogen-bond acceptors (Lipinski definition) is 3. The molecule has 0 bridgehead atoms. The highest BCUT2D eigenvalue weighted by Crippen LogP contribution is 2.37. The Kier molecular flexibility index (Phi) is 4.68. The van der Waals surface area contributed by atoms with E-state index in [1.54, 1.807) is 0 Å². The summed E-state index contributed by atoms with van der Waals surface area (Å²) in [5, 5.41) is 3.49. The van der Waals surface area contributed by atoms with Gasteiger partial charge in [0, 0.05) is 24.6 Å². The first-order valence-electron chi connectivity index (χ1n) is 9.52. The van der Waals surface area contributed by atoms with Gasteiger partial charge in [0.05, 0.1) is 12.6 Å². The van der Waals surface area contributed by atoms with Crippen LogP contribution in [0.2, 0.25) is 0 Å². The number of benzene rings is 2. The molecule has 0 spiro atoms. The van der Waals surface area contributed by atoms with E-state index in [1.807, 2.05) is 35.2 Å². The van der Waals surface area contributed by atoms with E-state index in [0.29, 0.717) is 19.1 Å². The first-order valence-corrected chi connectivity index (χ1v) is 9.52. The average molecular weight is 350 g/mol. The molecule has 2 unspecified atom stereocenters. The monoisotopic (exact) mass is 350 g/mol. The summed E-state index contributed by atoms with van der Waals surface area (Å²) in [6, 6.07) is 14.4. The number of fused-ring (bicyclic) bond motifs is 3. The maximum atomic E-state index is 13.3. The molecule has 1 saturated heterocycles. The average Bonchev–Trinajstić information content (AvgIpc) is 3.14. The molecule has 136 valence electrons. The van der Waals surface area contributed by atoms with Crippen molar-refractivity contribution in [2.24, 2.45) is 0 Å². The van der Waals surface area contributed by atoms with Gasteiger partial charge in [-0.05, 0) is 42.2 Å². The van der Waals surface area contributed by atoms with Crippen LogP contribution in [-0.4, -0.2) is 43.1 Å². The molecule has 2 aliphatic heterocycles. The predicted octanol–water partition coefficient (Wildman–Crippen LogP) is 3.15. The number of hydrogen-bond donors (Lipinski definition) is 1. The third kappa shape index (κ3) is 2.99. The summed E-state index contributed by atoms with van der Waals surface area (Å²) in [6.07, 6.45) is 1.00. The minimum absolute atomic E-state index is 0.154. The molecule has 2 aromatic carbocycles. The van der Waals surface area contributed by atoms with E-state index in [-0.39, 0.29) is 11.9 Å². The number of nitrogens with one attached hydrogen (secondary N) is 1. The van der Waals surface area contributed by atoms with Crippen LogP contribution in [0, 0.1) is 6.92 Å². The van der Waals surface area contributed by atoms with Crippen LogP contribution in [0.5, 0.6) is 5.75 Å². The van der Waals surface area contributed by atoms with Crippen molar-refractivity contribution in [1.29, 1.82) is 0 Å². The van der Waals surface area contributed by atoms with Gasteiger partial charge in [-0.1, -0.05) is 37.3 Å². The zero-order chi connectivity index (χ0) is 18.1. The first kappa shape index (κ1) is 17.1. The van der Waals surface area contributed by atoms with Crippen molar-refractivity contribution in [3.63, 3.8) is 0 Å². The minimum Gasteiger partial charge on any atom is -0.492 e. The quantitative estimate of drug-likeness (QED) is 0.901. The number of nitrogens with zero attached hydrogens (tertiary/aromatic N) is 1. The molecule has 1 fully saturated rings. The zero-order valence-corrected chi connectivity index (χ0v) is 15.5. The second kappa shape index (κ2) is 7.12. The highest BCUT2D eigenvalue weighted by molar-refractivity contribution is 5.99. The molecular weight excluding hydrogens is 324 g/mol. The van der Waals surface area contributed by atoms with Crippen LogP contribution in [0.1, 0.15) is 39.9 Å². The molecule has 0 saturated carbocycles. The highest BCUT2D eigenvalue weighted by Gasteiger charge is 2.42. The molecule has 26 heavy (non-hydrogen) atoms. The van der Waals surface area contributed by atoms with Gasteiger partial charge in [-0.25, -0.2) is 0 Å². The van der Waals surface area contributed by atoms with Crippen LogP contribution in [0.15, 0.2) is 42.5 Å². The van der Waals surface area contributed by atoms with E-state index in [4.69, 9.17) is 4.74 Å². The molecule has 4 heteroatoms. The fourth-order valence-corrected chi connectivity index (χ4v) is 4.33. The van der Waals surface area contributed by atoms with Crippen LogP contribution in [0.4, 0.5) is 0 Å². The number of carbonyl (C=O) groups is 1. The van der Waals surface area contributed by atoms with Crippen LogP contribution >= 0.6 is 0 Å². The Balaban J connectivity index is 1.58. The Bertz CT molecular complexity index is 803. The number of ether oxygens (including phenoxy) is 1. The lowest BCUT2D eigenvalue weighted by atomic mass is 9.81. The summed E-state index contributed by atoms with van der Waals surface area (Å²) >= 11 is 0. The number of rotatable bonds is 5. The Morgan fingerprint density at radius 3 is 2.77 bits per heavy atom. The molecule has 2 atom stereocenters. The molecule has 1 N–H and O–H groups in total. The molecule has 0 aliphatic carbocycles. The number of amides is 1. The molecule has 1 amide bonds. The SMILES string of the molecule is CCc1cc(C)c2c(c1)C1CNCC1N(CCOc1ccccc1)C2=O. The third-order valence-corrected chi connectivity index (χ3v) is 5.63. The highest BCUT2D eigenvalue weighted by atomic mass is 16.5. The van der Waals surface area contributed by atoms with Crippen LogP contribution < -0.4 is 10.1 Å². The topological polar surface area (TPSA) is 41.6 Å². The van der Waals surface area contributed by atoms with E-state index in [1.165, 1.54) is 11.1 Å². The minimum atomic E-state index is 0.154.